The number of likely N-dealkylation sites (N-methyl/N-ethyl adjacent to an activating group) is 1. The number of carbonyl (C=O) groups excluding carboxylic acids is 2. The van der Waals surface area contributed by atoms with Crippen LogP contribution in [0.5, 0.6) is 0 Å². The van der Waals surface area contributed by atoms with Crippen LogP contribution in [0.15, 0.2) is 12.2 Å². The quantitative estimate of drug-likeness (QED) is 0.523. The SMILES string of the molecule is CN(C)CCN1C(=O)[C@@H]2[C@H](C1=O)[C@@H]1C=C[C@@H]2C1. The summed E-state index contributed by atoms with van der Waals surface area (Å²) in [6.45, 7) is 1.29. The first-order valence-corrected chi connectivity index (χ1v) is 6.28. The van der Waals surface area contributed by atoms with Crippen LogP contribution in [0.1, 0.15) is 6.42 Å². The normalized spacial score (nSPS) is 38.6. The largest absolute Gasteiger partial charge is 0.308 e. The van der Waals surface area contributed by atoms with Crippen LogP contribution in [-0.4, -0.2) is 48.8 Å². The highest BCUT2D eigenvalue weighted by Gasteiger charge is 2.58. The Balaban J connectivity index is 1.78. The van der Waals surface area contributed by atoms with E-state index in [1.807, 2.05) is 19.0 Å². The molecule has 3 aliphatic rings. The molecular weight excluding hydrogens is 216 g/mol. The molecule has 0 aromatic heterocycles. The molecule has 92 valence electrons. The number of rotatable bonds is 3. The van der Waals surface area contributed by atoms with E-state index < -0.39 is 0 Å². The van der Waals surface area contributed by atoms with Crippen LogP contribution in [0.2, 0.25) is 0 Å². The molecule has 0 unspecified atom stereocenters. The van der Waals surface area contributed by atoms with Gasteiger partial charge in [-0.15, -0.1) is 0 Å². The lowest BCUT2D eigenvalue weighted by atomic mass is 9.85. The molecule has 0 aromatic carbocycles. The molecule has 2 amide bonds. The smallest absolute Gasteiger partial charge is 0.233 e. The summed E-state index contributed by atoms with van der Waals surface area (Å²) in [7, 11) is 3.91. The summed E-state index contributed by atoms with van der Waals surface area (Å²) >= 11 is 0. The molecule has 2 bridgehead atoms. The van der Waals surface area contributed by atoms with Crippen molar-refractivity contribution in [2.75, 3.05) is 27.2 Å². The maximum absolute atomic E-state index is 12.3. The Bertz CT molecular complexity index is 372. The van der Waals surface area contributed by atoms with Crippen molar-refractivity contribution in [3.8, 4) is 0 Å². The molecule has 0 N–H and O–H groups in total. The van der Waals surface area contributed by atoms with E-state index in [1.54, 1.807) is 0 Å². The first-order chi connectivity index (χ1) is 8.09. The van der Waals surface area contributed by atoms with Gasteiger partial charge < -0.3 is 4.90 Å². The number of hydrogen-bond acceptors (Lipinski definition) is 3. The highest BCUT2D eigenvalue weighted by Crippen LogP contribution is 2.52. The lowest BCUT2D eigenvalue weighted by Crippen LogP contribution is -2.38. The summed E-state index contributed by atoms with van der Waals surface area (Å²) in [4.78, 5) is 28.0. The van der Waals surface area contributed by atoms with Crippen LogP contribution in [0.3, 0.4) is 0 Å². The number of imide groups is 1. The minimum atomic E-state index is -0.0420. The average molecular weight is 234 g/mol. The molecule has 1 saturated carbocycles. The number of allylic oxidation sites excluding steroid dienone is 2. The molecule has 1 heterocycles. The third kappa shape index (κ3) is 1.47. The van der Waals surface area contributed by atoms with Crippen LogP contribution >= 0.6 is 0 Å². The lowest BCUT2D eigenvalue weighted by molar-refractivity contribution is -0.140. The van der Waals surface area contributed by atoms with Crippen LogP contribution in [-0.2, 0) is 9.59 Å². The number of nitrogens with zero attached hydrogens (tertiary/aromatic N) is 2. The fourth-order valence-electron chi connectivity index (χ4n) is 3.48. The number of fused-ring (bicyclic) bond motifs is 5. The molecule has 0 radical (unpaired) electrons. The Morgan fingerprint density at radius 3 is 2.18 bits per heavy atom. The summed E-state index contributed by atoms with van der Waals surface area (Å²) in [5.74, 6) is 0.702. The van der Waals surface area contributed by atoms with Gasteiger partial charge in [-0.1, -0.05) is 12.2 Å². The van der Waals surface area contributed by atoms with E-state index in [2.05, 4.69) is 12.2 Å². The number of carbonyl (C=O) groups is 2. The fourth-order valence-corrected chi connectivity index (χ4v) is 3.48. The van der Waals surface area contributed by atoms with Crippen molar-refractivity contribution < 1.29 is 9.59 Å². The van der Waals surface area contributed by atoms with E-state index in [0.717, 1.165) is 13.0 Å². The van der Waals surface area contributed by atoms with E-state index in [4.69, 9.17) is 0 Å². The minimum absolute atomic E-state index is 0.0420. The topological polar surface area (TPSA) is 40.6 Å². The van der Waals surface area contributed by atoms with E-state index in [-0.39, 0.29) is 23.7 Å². The maximum atomic E-state index is 12.3. The highest BCUT2D eigenvalue weighted by molar-refractivity contribution is 6.06. The number of hydrogen-bond donors (Lipinski definition) is 0. The Morgan fingerprint density at radius 1 is 1.18 bits per heavy atom. The summed E-state index contributed by atoms with van der Waals surface area (Å²) in [5.41, 5.74) is 0. The molecule has 3 rings (SSSR count). The summed E-state index contributed by atoms with van der Waals surface area (Å²) in [6, 6.07) is 0. The van der Waals surface area contributed by atoms with Crippen molar-refractivity contribution in [3.63, 3.8) is 0 Å². The van der Waals surface area contributed by atoms with Gasteiger partial charge in [0.1, 0.15) is 0 Å². The van der Waals surface area contributed by atoms with Gasteiger partial charge in [0, 0.05) is 13.1 Å². The average Bonchev–Trinajstić information content (AvgIpc) is 2.92. The monoisotopic (exact) mass is 234 g/mol. The fraction of sp³-hybridized carbons (Fsp3) is 0.692. The van der Waals surface area contributed by atoms with Gasteiger partial charge in [0.25, 0.3) is 0 Å². The number of likely N-dealkylation sites (tertiary alicyclic amines) is 1. The van der Waals surface area contributed by atoms with Crippen molar-refractivity contribution >= 4 is 11.8 Å². The van der Waals surface area contributed by atoms with Gasteiger partial charge in [-0.25, -0.2) is 0 Å². The second kappa shape index (κ2) is 3.67. The van der Waals surface area contributed by atoms with Gasteiger partial charge in [0.15, 0.2) is 0 Å². The first kappa shape index (κ1) is 11.0. The predicted molar refractivity (Wildman–Crippen MR) is 63.0 cm³/mol. The van der Waals surface area contributed by atoms with Crippen molar-refractivity contribution in [1.29, 1.82) is 0 Å². The van der Waals surface area contributed by atoms with Crippen LogP contribution < -0.4 is 0 Å². The molecule has 0 aromatic rings. The van der Waals surface area contributed by atoms with E-state index in [0.29, 0.717) is 18.4 Å². The van der Waals surface area contributed by atoms with Crippen molar-refractivity contribution in [2.45, 2.75) is 6.42 Å². The third-order valence-electron chi connectivity index (χ3n) is 4.33. The molecule has 1 aliphatic heterocycles. The first-order valence-electron chi connectivity index (χ1n) is 6.28. The van der Waals surface area contributed by atoms with Crippen molar-refractivity contribution in [1.82, 2.24) is 9.80 Å². The standard InChI is InChI=1S/C13H18N2O2/c1-14(2)5-6-15-12(16)10-8-3-4-9(7-8)11(10)13(15)17/h3-4,8-11H,5-7H2,1-2H3/t8-,9-,10-,11+/m1/s1. The molecule has 4 heteroatoms. The number of amides is 2. The molecule has 17 heavy (non-hydrogen) atoms. The van der Waals surface area contributed by atoms with Gasteiger partial charge in [0.05, 0.1) is 11.8 Å². The molecule has 4 atom stereocenters. The molecular formula is C13H18N2O2. The zero-order chi connectivity index (χ0) is 12.2. The Labute approximate surface area is 101 Å². The second-order valence-electron chi connectivity index (χ2n) is 5.63. The molecule has 1 saturated heterocycles. The van der Waals surface area contributed by atoms with Gasteiger partial charge in [-0.05, 0) is 32.4 Å². The van der Waals surface area contributed by atoms with Gasteiger partial charge >= 0.3 is 0 Å². The third-order valence-corrected chi connectivity index (χ3v) is 4.33. The lowest BCUT2D eigenvalue weighted by Gasteiger charge is -2.19. The van der Waals surface area contributed by atoms with Crippen LogP contribution in [0.4, 0.5) is 0 Å². The molecule has 0 spiro atoms. The summed E-state index contributed by atoms with van der Waals surface area (Å²) in [6.07, 6.45) is 5.27. The highest BCUT2D eigenvalue weighted by atomic mass is 16.2. The molecule has 4 nitrogen and oxygen atoms in total. The summed E-state index contributed by atoms with van der Waals surface area (Å²) < 4.78 is 0. The predicted octanol–water partition coefficient (Wildman–Crippen LogP) is 0.355. The second-order valence-corrected chi connectivity index (χ2v) is 5.63. The molecule has 2 aliphatic carbocycles. The van der Waals surface area contributed by atoms with Crippen molar-refractivity contribution in [3.05, 3.63) is 12.2 Å². The Kier molecular flexibility index (Phi) is 2.36. The summed E-state index contributed by atoms with van der Waals surface area (Å²) in [5, 5.41) is 0. The van der Waals surface area contributed by atoms with E-state index in [9.17, 15) is 9.59 Å². The van der Waals surface area contributed by atoms with Crippen molar-refractivity contribution in [2.24, 2.45) is 23.7 Å². The maximum Gasteiger partial charge on any atom is 0.233 e. The van der Waals surface area contributed by atoms with E-state index in [1.165, 1.54) is 4.90 Å². The van der Waals surface area contributed by atoms with E-state index >= 15 is 0 Å². The van der Waals surface area contributed by atoms with Gasteiger partial charge in [-0.3, -0.25) is 14.5 Å². The van der Waals surface area contributed by atoms with Crippen LogP contribution in [0.25, 0.3) is 0 Å². The Morgan fingerprint density at radius 2 is 1.71 bits per heavy atom. The Hall–Kier alpha value is -1.16. The zero-order valence-corrected chi connectivity index (χ0v) is 10.3. The van der Waals surface area contributed by atoms with Gasteiger partial charge in [-0.2, -0.15) is 0 Å². The minimum Gasteiger partial charge on any atom is -0.308 e. The molecule has 2 fully saturated rings. The zero-order valence-electron chi connectivity index (χ0n) is 10.3. The van der Waals surface area contributed by atoms with Crippen LogP contribution in [0, 0.1) is 23.7 Å². The van der Waals surface area contributed by atoms with Gasteiger partial charge in [0.2, 0.25) is 11.8 Å².